The first-order chi connectivity index (χ1) is 29.1. The van der Waals surface area contributed by atoms with Gasteiger partial charge in [0.1, 0.15) is 18.1 Å². The minimum absolute atomic E-state index is 0.00558. The molecule has 4 aliphatic rings. The number of benzene rings is 3. The van der Waals surface area contributed by atoms with E-state index in [0.29, 0.717) is 54.7 Å². The van der Waals surface area contributed by atoms with E-state index in [1.165, 1.54) is 33.4 Å². The van der Waals surface area contributed by atoms with Crippen molar-refractivity contribution in [2.45, 2.75) is 106 Å². The Kier molecular flexibility index (Phi) is 14.8. The van der Waals surface area contributed by atoms with Crippen LogP contribution in [0, 0.1) is 46.3 Å². The molecule has 0 radical (unpaired) electrons. The quantitative estimate of drug-likeness (QED) is 0.129. The Balaban J connectivity index is 0.000000207. The number of carbonyl (C=O) groups is 3. The van der Waals surface area contributed by atoms with E-state index in [9.17, 15) is 19.5 Å². The minimum Gasteiger partial charge on any atom is -0.492 e. The summed E-state index contributed by atoms with van der Waals surface area (Å²) in [6.45, 7) is 18.6. The van der Waals surface area contributed by atoms with Crippen molar-refractivity contribution in [2.24, 2.45) is 46.3 Å². The second-order valence-electron chi connectivity index (χ2n) is 19.4. The van der Waals surface area contributed by atoms with E-state index in [2.05, 4.69) is 145 Å². The lowest BCUT2D eigenvalue weighted by molar-refractivity contribution is -0.140. The zero-order chi connectivity index (χ0) is 44.1. The maximum atomic E-state index is 13.8. The molecule has 61 heavy (non-hydrogen) atoms. The summed E-state index contributed by atoms with van der Waals surface area (Å²) in [5, 5.41) is 9.28. The number of likely N-dealkylation sites (N-methyl/N-ethyl adjacent to an activating group) is 1. The zero-order valence-corrected chi connectivity index (χ0v) is 38.3. The first-order valence-corrected chi connectivity index (χ1v) is 23.0. The molecule has 1 N–H and O–H groups in total. The summed E-state index contributed by atoms with van der Waals surface area (Å²) in [6.07, 6.45) is 9.02. The first kappa shape index (κ1) is 46.0. The number of allylic oxidation sites excluding steroid dienone is 3. The summed E-state index contributed by atoms with van der Waals surface area (Å²) in [5.41, 5.74) is 9.59. The summed E-state index contributed by atoms with van der Waals surface area (Å²) in [5.74, 6) is 2.09. The highest BCUT2D eigenvalue weighted by Gasteiger charge is 2.59. The van der Waals surface area contributed by atoms with Gasteiger partial charge >= 0.3 is 5.97 Å². The lowest BCUT2D eigenvalue weighted by atomic mass is 9.48. The molecule has 0 saturated heterocycles. The number of Topliss-reactive ketones (excluding diaryl/α,β-unsaturated/α-hetero) is 2. The molecule has 7 rings (SSSR count). The number of carbonyl (C=O) groups excluding carboxylic acids is 2. The second-order valence-corrected chi connectivity index (χ2v) is 19.4. The highest BCUT2D eigenvalue weighted by Crippen LogP contribution is 2.65. The molecule has 4 aliphatic carbocycles. The molecule has 6 nitrogen and oxygen atoms in total. The van der Waals surface area contributed by atoms with Crippen LogP contribution in [0.25, 0.3) is 11.1 Å². The monoisotopic (exact) mass is 826 g/mol. The molecule has 3 aromatic carbocycles. The van der Waals surface area contributed by atoms with E-state index in [-0.39, 0.29) is 16.7 Å². The average Bonchev–Trinajstić information content (AvgIpc) is 3.60. The van der Waals surface area contributed by atoms with Gasteiger partial charge < -0.3 is 14.7 Å². The highest BCUT2D eigenvalue weighted by atomic mass is 16.5. The Morgan fingerprint density at radius 2 is 1.51 bits per heavy atom. The van der Waals surface area contributed by atoms with E-state index in [0.717, 1.165) is 74.8 Å². The molecule has 0 unspecified atom stereocenters. The number of carboxylic acid groups (broad SMARTS) is 1. The maximum Gasteiger partial charge on any atom is 0.310 e. The Morgan fingerprint density at radius 1 is 0.885 bits per heavy atom. The van der Waals surface area contributed by atoms with Gasteiger partial charge in [-0.25, -0.2) is 0 Å². The van der Waals surface area contributed by atoms with Crippen LogP contribution in [0.15, 0.2) is 108 Å². The van der Waals surface area contributed by atoms with E-state index in [1.807, 2.05) is 0 Å². The number of rotatable bonds is 14. The van der Waals surface area contributed by atoms with Crippen molar-refractivity contribution >= 4 is 28.7 Å². The molecule has 0 heterocycles. The van der Waals surface area contributed by atoms with Crippen molar-refractivity contribution in [3.63, 3.8) is 0 Å². The lowest BCUT2D eigenvalue weighted by Gasteiger charge is -2.54. The van der Waals surface area contributed by atoms with E-state index >= 15 is 0 Å². The highest BCUT2D eigenvalue weighted by molar-refractivity contribution is 6.00. The number of aliphatic carboxylic acids is 1. The van der Waals surface area contributed by atoms with E-state index in [1.54, 1.807) is 6.92 Å². The predicted octanol–water partition coefficient (Wildman–Crippen LogP) is 12.4. The normalized spacial score (nSPS) is 27.2. The SMILES string of the molecule is C=C(CC[C@@H](C)[C@H]1CC[C@H]2C3=C(C(=O)C[C@]12C)[C@@]1(C)CCC(=O)[C@@H](C)[C@@H]1CC3)[C@H](C)C(=O)O.CC/C(=C(\c1ccccc1)c1ccc(OCCN(C)C)cc1)c1ccccc1. The lowest BCUT2D eigenvalue weighted by Crippen LogP contribution is -2.50. The first-order valence-electron chi connectivity index (χ1n) is 23.0. The third-order valence-corrected chi connectivity index (χ3v) is 15.5. The molecule has 3 aromatic rings. The third-order valence-electron chi connectivity index (χ3n) is 15.5. The van der Waals surface area contributed by atoms with Gasteiger partial charge in [0.15, 0.2) is 5.78 Å². The molecule has 0 aromatic heterocycles. The van der Waals surface area contributed by atoms with Crippen LogP contribution < -0.4 is 4.74 Å². The van der Waals surface area contributed by atoms with Crippen LogP contribution in [0.5, 0.6) is 5.75 Å². The number of carboxylic acids is 1. The van der Waals surface area contributed by atoms with Crippen molar-refractivity contribution in [3.8, 4) is 5.75 Å². The Bertz CT molecular complexity index is 2100. The Labute approximate surface area is 366 Å². The summed E-state index contributed by atoms with van der Waals surface area (Å²) >= 11 is 0. The average molecular weight is 826 g/mol. The maximum absolute atomic E-state index is 13.8. The Morgan fingerprint density at radius 3 is 2.11 bits per heavy atom. The van der Waals surface area contributed by atoms with Crippen LogP contribution in [0.1, 0.15) is 122 Å². The smallest absolute Gasteiger partial charge is 0.310 e. The summed E-state index contributed by atoms with van der Waals surface area (Å²) in [4.78, 5) is 39.7. The van der Waals surface area contributed by atoms with Crippen LogP contribution in [0.2, 0.25) is 0 Å². The largest absolute Gasteiger partial charge is 0.492 e. The molecule has 0 spiro atoms. The van der Waals surface area contributed by atoms with Crippen LogP contribution in [-0.4, -0.2) is 54.8 Å². The van der Waals surface area contributed by atoms with Crippen LogP contribution in [-0.2, 0) is 14.4 Å². The molecule has 0 amide bonds. The fourth-order valence-electron chi connectivity index (χ4n) is 11.9. The van der Waals surface area contributed by atoms with Crippen molar-refractivity contribution in [3.05, 3.63) is 125 Å². The topological polar surface area (TPSA) is 83.9 Å². The number of hydrogen-bond acceptors (Lipinski definition) is 5. The number of fused-ring (bicyclic) bond motifs is 4. The number of ketones is 2. The minimum atomic E-state index is -0.805. The second kappa shape index (κ2) is 19.7. The fraction of sp³-hybridized carbons (Fsp3) is 0.509. The standard InChI is InChI=1S/C29H42O4.C26H29NO/c1-16(18(3)27(32)33)7-8-17(2)21-11-12-23-20-9-10-22-19(4)24(30)13-14-28(22,5)26(20)25(31)15-29(21,23)6;1-4-25(21-11-7-5-8-12-21)26(22-13-9-6-10-14-22)23-15-17-24(18-16-23)28-20-19-27(2)3/h17-19,21-23H,1,7-15H2,2-6H3,(H,32,33);5-18H,4,19-20H2,1-3H3/b;26-25-/t17-,18+,19+,21-,22+,23+,28+,29-;/m1./s1. The van der Waals surface area contributed by atoms with Crippen molar-refractivity contribution < 1.29 is 24.2 Å². The van der Waals surface area contributed by atoms with Crippen LogP contribution in [0.4, 0.5) is 0 Å². The Hall–Kier alpha value is -4.55. The van der Waals surface area contributed by atoms with Gasteiger partial charge in [-0.1, -0.05) is 125 Å². The molecule has 2 fully saturated rings. The van der Waals surface area contributed by atoms with Gasteiger partial charge in [-0.05, 0) is 147 Å². The molecular formula is C55H71NO5. The van der Waals surface area contributed by atoms with Gasteiger partial charge in [0.05, 0.1) is 5.92 Å². The predicted molar refractivity (Wildman–Crippen MR) is 249 cm³/mol. The fourth-order valence-corrected chi connectivity index (χ4v) is 11.9. The molecule has 0 bridgehead atoms. The van der Waals surface area contributed by atoms with Gasteiger partial charge in [0.2, 0.25) is 0 Å². The summed E-state index contributed by atoms with van der Waals surface area (Å²) < 4.78 is 5.87. The van der Waals surface area contributed by atoms with Gasteiger partial charge in [-0.2, -0.15) is 0 Å². The van der Waals surface area contributed by atoms with Crippen LogP contribution in [0.3, 0.4) is 0 Å². The van der Waals surface area contributed by atoms with E-state index < -0.39 is 11.9 Å². The molecule has 0 aliphatic heterocycles. The number of ether oxygens (including phenoxy) is 1. The van der Waals surface area contributed by atoms with Crippen LogP contribution >= 0.6 is 0 Å². The number of nitrogens with zero attached hydrogens (tertiary/aromatic N) is 1. The molecule has 8 atom stereocenters. The van der Waals surface area contributed by atoms with Gasteiger partial charge in [0.25, 0.3) is 0 Å². The third kappa shape index (κ3) is 9.75. The summed E-state index contributed by atoms with van der Waals surface area (Å²) in [7, 11) is 4.11. The summed E-state index contributed by atoms with van der Waals surface area (Å²) in [6, 6.07) is 29.8. The van der Waals surface area contributed by atoms with Crippen molar-refractivity contribution in [1.82, 2.24) is 4.90 Å². The van der Waals surface area contributed by atoms with Crippen molar-refractivity contribution in [2.75, 3.05) is 27.2 Å². The van der Waals surface area contributed by atoms with Gasteiger partial charge in [-0.15, -0.1) is 0 Å². The van der Waals surface area contributed by atoms with Crippen molar-refractivity contribution in [1.29, 1.82) is 0 Å². The van der Waals surface area contributed by atoms with E-state index in [4.69, 9.17) is 4.74 Å². The molecule has 6 heteroatoms. The zero-order valence-electron chi connectivity index (χ0n) is 38.3. The molecule has 2 saturated carbocycles. The van der Waals surface area contributed by atoms with Gasteiger partial charge in [-0.3, -0.25) is 14.4 Å². The number of hydrogen-bond donors (Lipinski definition) is 1. The van der Waals surface area contributed by atoms with Gasteiger partial charge in [0, 0.05) is 30.9 Å². The molecule has 326 valence electrons. The molecular weight excluding hydrogens is 755 g/mol.